The van der Waals surface area contributed by atoms with Gasteiger partial charge < -0.3 is 15.5 Å². The fourth-order valence-electron chi connectivity index (χ4n) is 3.10. The molecule has 0 saturated carbocycles. The number of likely N-dealkylation sites (N-methyl/N-ethyl adjacent to an activating group) is 1. The monoisotopic (exact) mass is 498 g/mol. The van der Waals surface area contributed by atoms with Crippen LogP contribution in [0, 0.1) is 13.8 Å². The Bertz CT molecular complexity index is 736. The SMILES string of the molecule is CCNC(=NCc1ccccc1-n1nc(C)cc1C)NCCN(CC)CC.I. The standard InChI is InChI=1S/C21H34N6.HI/c1-6-22-21(23-13-14-26(7-2)8-3)24-16-19-11-9-10-12-20(19)27-18(5)15-17(4)25-27;/h9-12,15H,6-8,13-14,16H2,1-5H3,(H2,22,23,24);1H. The van der Waals surface area contributed by atoms with Gasteiger partial charge in [0.2, 0.25) is 0 Å². The molecule has 28 heavy (non-hydrogen) atoms. The lowest BCUT2D eigenvalue weighted by atomic mass is 10.2. The molecule has 7 heteroatoms. The van der Waals surface area contributed by atoms with Gasteiger partial charge in [-0.3, -0.25) is 0 Å². The molecule has 0 radical (unpaired) electrons. The third-order valence-corrected chi connectivity index (χ3v) is 4.60. The van der Waals surface area contributed by atoms with Gasteiger partial charge in [0.15, 0.2) is 5.96 Å². The molecule has 6 nitrogen and oxygen atoms in total. The van der Waals surface area contributed by atoms with Gasteiger partial charge in [-0.25, -0.2) is 9.67 Å². The minimum absolute atomic E-state index is 0. The number of aryl methyl sites for hydroxylation is 2. The number of hydrogen-bond acceptors (Lipinski definition) is 3. The topological polar surface area (TPSA) is 57.5 Å². The Morgan fingerprint density at radius 3 is 2.43 bits per heavy atom. The summed E-state index contributed by atoms with van der Waals surface area (Å²) >= 11 is 0. The number of aliphatic imine (C=N–C) groups is 1. The van der Waals surface area contributed by atoms with E-state index in [9.17, 15) is 0 Å². The number of para-hydroxylation sites is 1. The third kappa shape index (κ3) is 7.09. The van der Waals surface area contributed by atoms with Gasteiger partial charge in [0, 0.05) is 25.3 Å². The van der Waals surface area contributed by atoms with Crippen molar-refractivity contribution in [2.75, 3.05) is 32.7 Å². The number of nitrogens with zero attached hydrogens (tertiary/aromatic N) is 4. The molecule has 0 unspecified atom stereocenters. The average Bonchev–Trinajstić information content (AvgIpc) is 3.01. The van der Waals surface area contributed by atoms with Gasteiger partial charge in [-0.15, -0.1) is 24.0 Å². The van der Waals surface area contributed by atoms with Crippen molar-refractivity contribution in [3.05, 3.63) is 47.3 Å². The molecule has 0 bridgehead atoms. The molecule has 0 aliphatic carbocycles. The molecule has 1 aromatic carbocycles. The molecule has 156 valence electrons. The fraction of sp³-hybridized carbons (Fsp3) is 0.524. The van der Waals surface area contributed by atoms with Crippen molar-refractivity contribution >= 4 is 29.9 Å². The largest absolute Gasteiger partial charge is 0.357 e. The first-order valence-corrected chi connectivity index (χ1v) is 9.95. The summed E-state index contributed by atoms with van der Waals surface area (Å²) in [5, 5.41) is 11.4. The lowest BCUT2D eigenvalue weighted by Crippen LogP contribution is -2.41. The highest BCUT2D eigenvalue weighted by atomic mass is 127. The van der Waals surface area contributed by atoms with Crippen molar-refractivity contribution in [3.8, 4) is 5.69 Å². The maximum Gasteiger partial charge on any atom is 0.191 e. The van der Waals surface area contributed by atoms with Crippen LogP contribution in [0.1, 0.15) is 37.7 Å². The van der Waals surface area contributed by atoms with E-state index >= 15 is 0 Å². The van der Waals surface area contributed by atoms with Crippen LogP contribution in [0.25, 0.3) is 5.69 Å². The van der Waals surface area contributed by atoms with Crippen LogP contribution in [0.5, 0.6) is 0 Å². The van der Waals surface area contributed by atoms with Gasteiger partial charge in [-0.1, -0.05) is 32.0 Å². The van der Waals surface area contributed by atoms with Crippen molar-refractivity contribution < 1.29 is 0 Å². The minimum atomic E-state index is 0. The van der Waals surface area contributed by atoms with Crippen LogP contribution in [0.3, 0.4) is 0 Å². The van der Waals surface area contributed by atoms with Gasteiger partial charge in [0.05, 0.1) is 17.9 Å². The maximum atomic E-state index is 4.79. The highest BCUT2D eigenvalue weighted by Crippen LogP contribution is 2.17. The van der Waals surface area contributed by atoms with Crippen LogP contribution in [0.15, 0.2) is 35.3 Å². The number of aromatic nitrogens is 2. The summed E-state index contributed by atoms with van der Waals surface area (Å²) in [7, 11) is 0. The third-order valence-electron chi connectivity index (χ3n) is 4.60. The van der Waals surface area contributed by atoms with Crippen molar-refractivity contribution in [3.63, 3.8) is 0 Å². The molecule has 0 amide bonds. The highest BCUT2D eigenvalue weighted by molar-refractivity contribution is 14.0. The van der Waals surface area contributed by atoms with E-state index in [0.29, 0.717) is 6.54 Å². The highest BCUT2D eigenvalue weighted by Gasteiger charge is 2.09. The molecule has 2 N–H and O–H groups in total. The number of hydrogen-bond donors (Lipinski definition) is 2. The zero-order valence-electron chi connectivity index (χ0n) is 17.8. The van der Waals surface area contributed by atoms with Crippen molar-refractivity contribution in [1.82, 2.24) is 25.3 Å². The number of guanidine groups is 1. The van der Waals surface area contributed by atoms with Crippen LogP contribution in [-0.2, 0) is 6.54 Å². The Balaban J connectivity index is 0.00000392. The molecule has 0 fully saturated rings. The second-order valence-electron chi connectivity index (χ2n) is 6.62. The van der Waals surface area contributed by atoms with Crippen LogP contribution < -0.4 is 10.6 Å². The van der Waals surface area contributed by atoms with Crippen LogP contribution in [-0.4, -0.2) is 53.4 Å². The van der Waals surface area contributed by atoms with Crippen molar-refractivity contribution in [1.29, 1.82) is 0 Å². The summed E-state index contributed by atoms with van der Waals surface area (Å²) in [4.78, 5) is 7.19. The Kier molecular flexibility index (Phi) is 11.1. The van der Waals surface area contributed by atoms with Gasteiger partial charge in [-0.05, 0) is 51.6 Å². The summed E-state index contributed by atoms with van der Waals surface area (Å²) in [6.07, 6.45) is 0. The van der Waals surface area contributed by atoms with Crippen LogP contribution in [0.2, 0.25) is 0 Å². The lowest BCUT2D eigenvalue weighted by molar-refractivity contribution is 0.308. The summed E-state index contributed by atoms with van der Waals surface area (Å²) in [5.41, 5.74) is 4.40. The normalized spacial score (nSPS) is 11.4. The second-order valence-corrected chi connectivity index (χ2v) is 6.62. The van der Waals surface area contributed by atoms with E-state index in [1.807, 2.05) is 17.7 Å². The average molecular weight is 498 g/mol. The molecular weight excluding hydrogens is 463 g/mol. The van der Waals surface area contributed by atoms with E-state index < -0.39 is 0 Å². The minimum Gasteiger partial charge on any atom is -0.357 e. The van der Waals surface area contributed by atoms with E-state index in [1.165, 1.54) is 0 Å². The Hall–Kier alpha value is -1.61. The Morgan fingerprint density at radius 1 is 1.11 bits per heavy atom. The zero-order valence-corrected chi connectivity index (χ0v) is 20.2. The summed E-state index contributed by atoms with van der Waals surface area (Å²) in [6, 6.07) is 10.4. The summed E-state index contributed by atoms with van der Waals surface area (Å²) < 4.78 is 2.00. The maximum absolute atomic E-state index is 4.79. The zero-order chi connectivity index (χ0) is 19.6. The summed E-state index contributed by atoms with van der Waals surface area (Å²) in [5.74, 6) is 0.854. The molecule has 0 spiro atoms. The lowest BCUT2D eigenvalue weighted by Gasteiger charge is -2.19. The number of nitrogens with one attached hydrogen (secondary N) is 2. The second kappa shape index (κ2) is 12.8. The first-order chi connectivity index (χ1) is 13.1. The Morgan fingerprint density at radius 2 is 1.82 bits per heavy atom. The first kappa shape index (κ1) is 24.4. The molecule has 2 rings (SSSR count). The molecule has 2 aromatic rings. The predicted molar refractivity (Wildman–Crippen MR) is 129 cm³/mol. The van der Waals surface area contributed by atoms with Crippen LogP contribution in [0.4, 0.5) is 0 Å². The molecule has 0 aliphatic rings. The molecule has 1 heterocycles. The Labute approximate surface area is 186 Å². The molecule has 0 saturated heterocycles. The molecule has 1 aromatic heterocycles. The number of benzene rings is 1. The van der Waals surface area contributed by atoms with E-state index in [0.717, 1.165) is 61.3 Å². The quantitative estimate of drug-likeness (QED) is 0.316. The van der Waals surface area contributed by atoms with E-state index in [4.69, 9.17) is 4.99 Å². The van der Waals surface area contributed by atoms with Crippen LogP contribution >= 0.6 is 24.0 Å². The first-order valence-electron chi connectivity index (χ1n) is 9.95. The van der Waals surface area contributed by atoms with Gasteiger partial charge in [0.1, 0.15) is 0 Å². The number of rotatable bonds is 9. The smallest absolute Gasteiger partial charge is 0.191 e. The fourth-order valence-corrected chi connectivity index (χ4v) is 3.10. The predicted octanol–water partition coefficient (Wildman–Crippen LogP) is 3.50. The van der Waals surface area contributed by atoms with Gasteiger partial charge >= 0.3 is 0 Å². The van der Waals surface area contributed by atoms with Gasteiger partial charge in [-0.2, -0.15) is 5.10 Å². The molecule has 0 aliphatic heterocycles. The van der Waals surface area contributed by atoms with E-state index in [1.54, 1.807) is 0 Å². The van der Waals surface area contributed by atoms with E-state index in [-0.39, 0.29) is 24.0 Å². The summed E-state index contributed by atoms with van der Waals surface area (Å²) in [6.45, 7) is 16.1. The van der Waals surface area contributed by atoms with Crippen molar-refractivity contribution in [2.24, 2.45) is 4.99 Å². The molecule has 0 atom stereocenters. The van der Waals surface area contributed by atoms with Gasteiger partial charge in [0.25, 0.3) is 0 Å². The number of halogens is 1. The molecular formula is C21H35IN6. The van der Waals surface area contributed by atoms with E-state index in [2.05, 4.69) is 72.6 Å². The van der Waals surface area contributed by atoms with Crippen molar-refractivity contribution in [2.45, 2.75) is 41.2 Å².